The molecule has 118 valence electrons. The third-order valence-corrected chi connectivity index (χ3v) is 6.16. The van der Waals surface area contributed by atoms with E-state index in [4.69, 9.17) is 4.74 Å². The molecule has 1 aromatic rings. The van der Waals surface area contributed by atoms with Crippen molar-refractivity contribution in [2.24, 2.45) is 11.8 Å². The molecule has 0 radical (unpaired) electrons. The van der Waals surface area contributed by atoms with Crippen LogP contribution in [0.5, 0.6) is 0 Å². The molecule has 0 unspecified atom stereocenters. The average molecular weight is 312 g/mol. The van der Waals surface area contributed by atoms with E-state index in [2.05, 4.69) is 6.92 Å². The van der Waals surface area contributed by atoms with E-state index in [0.29, 0.717) is 10.8 Å². The smallest absolute Gasteiger partial charge is 0.178 e. The van der Waals surface area contributed by atoms with Gasteiger partial charge in [0.05, 0.1) is 29.5 Å². The number of hydrogen-bond donors (Lipinski definition) is 1. The van der Waals surface area contributed by atoms with Crippen molar-refractivity contribution in [1.29, 1.82) is 0 Å². The second-order valence-corrected chi connectivity index (χ2v) is 8.07. The van der Waals surface area contributed by atoms with Crippen molar-refractivity contribution in [3.05, 3.63) is 30.3 Å². The van der Waals surface area contributed by atoms with Crippen LogP contribution in [0.2, 0.25) is 0 Å². The molecule has 0 aliphatic carbocycles. The monoisotopic (exact) mass is 312 g/mol. The molecule has 0 aromatic heterocycles. The average Bonchev–Trinajstić information content (AvgIpc) is 2.48. The van der Waals surface area contributed by atoms with Crippen LogP contribution in [0.15, 0.2) is 35.2 Å². The number of rotatable bonds is 5. The fourth-order valence-electron chi connectivity index (χ4n) is 3.03. The van der Waals surface area contributed by atoms with Crippen LogP contribution in [0, 0.1) is 11.8 Å². The number of hydrogen-bond acceptors (Lipinski definition) is 4. The van der Waals surface area contributed by atoms with Crippen LogP contribution < -0.4 is 0 Å². The normalized spacial score (nSPS) is 28.2. The zero-order valence-corrected chi connectivity index (χ0v) is 13.4. The van der Waals surface area contributed by atoms with Crippen molar-refractivity contribution in [2.45, 2.75) is 43.8 Å². The van der Waals surface area contributed by atoms with Crippen molar-refractivity contribution < 1.29 is 18.3 Å². The minimum atomic E-state index is -3.30. The minimum absolute atomic E-state index is 0.00136. The fraction of sp³-hybridized carbons (Fsp3) is 0.625. The van der Waals surface area contributed by atoms with Crippen molar-refractivity contribution in [2.75, 3.05) is 12.4 Å². The number of aliphatic hydroxyl groups is 1. The lowest BCUT2D eigenvalue weighted by Crippen LogP contribution is -2.41. The van der Waals surface area contributed by atoms with Gasteiger partial charge in [-0.05, 0) is 36.8 Å². The summed E-state index contributed by atoms with van der Waals surface area (Å²) in [6.45, 7) is 4.01. The van der Waals surface area contributed by atoms with Gasteiger partial charge in [-0.15, -0.1) is 0 Å². The molecule has 1 saturated heterocycles. The maximum atomic E-state index is 12.4. The Morgan fingerprint density at radius 3 is 2.57 bits per heavy atom. The second kappa shape index (κ2) is 6.90. The van der Waals surface area contributed by atoms with E-state index in [1.165, 1.54) is 0 Å². The highest BCUT2D eigenvalue weighted by molar-refractivity contribution is 7.91. The van der Waals surface area contributed by atoms with E-state index >= 15 is 0 Å². The summed E-state index contributed by atoms with van der Waals surface area (Å²) in [7, 11) is -3.30. The molecule has 1 aromatic carbocycles. The maximum Gasteiger partial charge on any atom is 0.178 e. The van der Waals surface area contributed by atoms with E-state index in [1.54, 1.807) is 30.3 Å². The number of sulfone groups is 1. The summed E-state index contributed by atoms with van der Waals surface area (Å²) in [4.78, 5) is 0.360. The number of ether oxygens (including phenoxy) is 1. The summed E-state index contributed by atoms with van der Waals surface area (Å²) in [5, 5.41) is 9.24. The van der Waals surface area contributed by atoms with Gasteiger partial charge in [-0.25, -0.2) is 8.42 Å². The van der Waals surface area contributed by atoms with Gasteiger partial charge < -0.3 is 9.84 Å². The predicted octanol–water partition coefficient (Wildman–Crippen LogP) is 2.27. The molecule has 0 spiro atoms. The zero-order valence-electron chi connectivity index (χ0n) is 12.6. The Balaban J connectivity index is 2.08. The second-order valence-electron chi connectivity index (χ2n) is 6.03. The third kappa shape index (κ3) is 4.05. The summed E-state index contributed by atoms with van der Waals surface area (Å²) in [5.41, 5.74) is 0. The highest BCUT2D eigenvalue weighted by Crippen LogP contribution is 2.30. The lowest BCUT2D eigenvalue weighted by Gasteiger charge is -2.37. The molecule has 21 heavy (non-hydrogen) atoms. The van der Waals surface area contributed by atoms with Gasteiger partial charge in [0.15, 0.2) is 9.84 Å². The van der Waals surface area contributed by atoms with Gasteiger partial charge >= 0.3 is 0 Å². The summed E-state index contributed by atoms with van der Waals surface area (Å²) in [5.74, 6) is 0.290. The minimum Gasteiger partial charge on any atom is -0.394 e. The Hall–Kier alpha value is -0.910. The van der Waals surface area contributed by atoms with E-state index < -0.39 is 9.84 Å². The lowest BCUT2D eigenvalue weighted by molar-refractivity contribution is -0.114. The highest BCUT2D eigenvalue weighted by atomic mass is 32.2. The molecule has 1 heterocycles. The van der Waals surface area contributed by atoms with Crippen LogP contribution >= 0.6 is 0 Å². The van der Waals surface area contributed by atoms with E-state index in [-0.39, 0.29) is 30.5 Å². The van der Waals surface area contributed by atoms with Crippen LogP contribution in [0.3, 0.4) is 0 Å². The maximum absolute atomic E-state index is 12.4. The highest BCUT2D eigenvalue weighted by Gasteiger charge is 2.34. The van der Waals surface area contributed by atoms with Crippen LogP contribution in [-0.2, 0) is 14.6 Å². The molecule has 1 N–H and O–H groups in total. The molecule has 2 rings (SSSR count). The third-order valence-electron chi connectivity index (χ3n) is 4.20. The van der Waals surface area contributed by atoms with E-state index in [0.717, 1.165) is 12.8 Å². The van der Waals surface area contributed by atoms with Crippen LogP contribution in [0.4, 0.5) is 0 Å². The molecular formula is C16H24O4S. The molecule has 1 aliphatic rings. The summed E-state index contributed by atoms with van der Waals surface area (Å²) in [6.07, 6.45) is 1.53. The Bertz CT molecular complexity index is 541. The quantitative estimate of drug-likeness (QED) is 0.906. The standard InChI is InChI=1S/C16H24O4S/c1-12-8-9-14(10-17)20-16(12)13(2)11-21(18,19)15-6-4-3-5-7-15/h3-7,12-14,16-17H,8-11H2,1-2H3/t12-,13+,14-,16+/m0/s1. The number of aliphatic hydroxyl groups excluding tert-OH is 1. The molecule has 4 atom stereocenters. The zero-order chi connectivity index (χ0) is 15.5. The first kappa shape index (κ1) is 16.5. The van der Waals surface area contributed by atoms with Gasteiger partial charge in [-0.2, -0.15) is 0 Å². The van der Waals surface area contributed by atoms with Gasteiger partial charge in [0.25, 0.3) is 0 Å². The van der Waals surface area contributed by atoms with Crippen LogP contribution in [0.25, 0.3) is 0 Å². The topological polar surface area (TPSA) is 63.6 Å². The lowest BCUT2D eigenvalue weighted by atomic mass is 9.87. The van der Waals surface area contributed by atoms with Crippen molar-refractivity contribution >= 4 is 9.84 Å². The molecule has 4 nitrogen and oxygen atoms in total. The summed E-state index contributed by atoms with van der Waals surface area (Å²) >= 11 is 0. The Morgan fingerprint density at radius 1 is 1.29 bits per heavy atom. The van der Waals surface area contributed by atoms with Crippen molar-refractivity contribution in [3.8, 4) is 0 Å². The van der Waals surface area contributed by atoms with Gasteiger partial charge in [0, 0.05) is 0 Å². The predicted molar refractivity (Wildman–Crippen MR) is 81.8 cm³/mol. The molecule has 0 saturated carbocycles. The Kier molecular flexibility index (Phi) is 5.41. The van der Waals surface area contributed by atoms with Crippen LogP contribution in [-0.4, -0.2) is 38.1 Å². The van der Waals surface area contributed by atoms with E-state index in [1.807, 2.05) is 6.92 Å². The first-order chi connectivity index (χ1) is 9.94. The summed E-state index contributed by atoms with van der Waals surface area (Å²) < 4.78 is 30.8. The van der Waals surface area contributed by atoms with Gasteiger partial charge in [0.1, 0.15) is 0 Å². The molecule has 5 heteroatoms. The van der Waals surface area contributed by atoms with Gasteiger partial charge in [0.2, 0.25) is 0 Å². The molecule has 1 aliphatic heterocycles. The molecule has 0 bridgehead atoms. The molecular weight excluding hydrogens is 288 g/mol. The van der Waals surface area contributed by atoms with Crippen LogP contribution in [0.1, 0.15) is 26.7 Å². The largest absolute Gasteiger partial charge is 0.394 e. The van der Waals surface area contributed by atoms with Gasteiger partial charge in [-0.3, -0.25) is 0 Å². The first-order valence-electron chi connectivity index (χ1n) is 7.48. The SMILES string of the molecule is C[C@H](CS(=O)(=O)c1ccccc1)[C@@H]1O[C@H](CO)CC[C@@H]1C. The Morgan fingerprint density at radius 2 is 1.95 bits per heavy atom. The summed E-state index contributed by atoms with van der Waals surface area (Å²) in [6, 6.07) is 8.53. The van der Waals surface area contributed by atoms with E-state index in [9.17, 15) is 13.5 Å². The number of benzene rings is 1. The molecule has 1 fully saturated rings. The van der Waals surface area contributed by atoms with Crippen molar-refractivity contribution in [1.82, 2.24) is 0 Å². The first-order valence-corrected chi connectivity index (χ1v) is 9.13. The van der Waals surface area contributed by atoms with Crippen molar-refractivity contribution in [3.63, 3.8) is 0 Å². The Labute approximate surface area is 127 Å². The van der Waals surface area contributed by atoms with Gasteiger partial charge in [-0.1, -0.05) is 32.0 Å². The fourth-order valence-corrected chi connectivity index (χ4v) is 4.68. The molecule has 0 amide bonds.